The van der Waals surface area contributed by atoms with Gasteiger partial charge in [-0.3, -0.25) is 9.59 Å². The SMILES string of the molecule is CC(COC(=O)[C]1[CH][CH][CH][CH]1)OC(=O)[C]1[CH][CH][CH][CH]1. The van der Waals surface area contributed by atoms with Crippen molar-refractivity contribution in [1.82, 2.24) is 0 Å². The van der Waals surface area contributed by atoms with E-state index in [9.17, 15) is 9.59 Å². The first kappa shape index (κ1) is 14.4. The molecule has 10 radical (unpaired) electrons. The molecular weight excluding hydrogens is 244 g/mol. The summed E-state index contributed by atoms with van der Waals surface area (Å²) in [4.78, 5) is 23.2. The van der Waals surface area contributed by atoms with Crippen LogP contribution < -0.4 is 0 Å². The molecule has 0 aromatic heterocycles. The summed E-state index contributed by atoms with van der Waals surface area (Å²) in [6, 6.07) is 0. The van der Waals surface area contributed by atoms with E-state index in [1.807, 2.05) is 0 Å². The predicted octanol–water partition coefficient (Wildman–Crippen LogP) is 1.27. The molecule has 98 valence electrons. The summed E-state index contributed by atoms with van der Waals surface area (Å²) in [5.41, 5.74) is 0. The number of carbonyl (C=O) groups excluding carboxylic acids is 2. The van der Waals surface area contributed by atoms with Crippen molar-refractivity contribution < 1.29 is 19.1 Å². The molecule has 0 amide bonds. The first-order valence-corrected chi connectivity index (χ1v) is 5.98. The van der Waals surface area contributed by atoms with Gasteiger partial charge in [0.1, 0.15) is 12.7 Å². The second-order valence-electron chi connectivity index (χ2n) is 4.16. The molecule has 2 aliphatic carbocycles. The van der Waals surface area contributed by atoms with Gasteiger partial charge in [-0.15, -0.1) is 0 Å². The van der Waals surface area contributed by atoms with Crippen LogP contribution in [-0.4, -0.2) is 24.6 Å². The third-order valence-corrected chi connectivity index (χ3v) is 2.55. The van der Waals surface area contributed by atoms with Gasteiger partial charge in [0, 0.05) is 0 Å². The minimum atomic E-state index is -0.485. The Morgan fingerprint density at radius 1 is 0.947 bits per heavy atom. The van der Waals surface area contributed by atoms with E-state index in [1.165, 1.54) is 0 Å². The molecule has 2 saturated carbocycles. The van der Waals surface area contributed by atoms with E-state index >= 15 is 0 Å². The van der Waals surface area contributed by atoms with Crippen LogP contribution in [0.2, 0.25) is 0 Å². The Morgan fingerprint density at radius 3 is 1.95 bits per heavy atom. The van der Waals surface area contributed by atoms with E-state index in [-0.39, 0.29) is 6.61 Å². The van der Waals surface area contributed by atoms with Crippen LogP contribution in [-0.2, 0) is 19.1 Å². The van der Waals surface area contributed by atoms with Crippen molar-refractivity contribution in [3.05, 3.63) is 63.2 Å². The maximum absolute atomic E-state index is 11.6. The fourth-order valence-corrected chi connectivity index (χ4v) is 1.58. The van der Waals surface area contributed by atoms with Crippen LogP contribution in [0.1, 0.15) is 6.92 Å². The molecular formula is C15H14O4. The Hall–Kier alpha value is -1.06. The summed E-state index contributed by atoms with van der Waals surface area (Å²) in [5, 5.41) is 0. The Labute approximate surface area is 114 Å². The third kappa shape index (κ3) is 4.22. The molecule has 0 heterocycles. The molecule has 0 saturated heterocycles. The van der Waals surface area contributed by atoms with Gasteiger partial charge in [-0.2, -0.15) is 0 Å². The lowest BCUT2D eigenvalue weighted by molar-refractivity contribution is -0.154. The second-order valence-corrected chi connectivity index (χ2v) is 4.16. The topological polar surface area (TPSA) is 52.6 Å². The monoisotopic (exact) mass is 258 g/mol. The lowest BCUT2D eigenvalue weighted by Gasteiger charge is -2.16. The highest BCUT2D eigenvalue weighted by Crippen LogP contribution is 2.25. The maximum atomic E-state index is 11.6. The molecule has 0 aliphatic heterocycles. The van der Waals surface area contributed by atoms with Gasteiger partial charge in [-0.05, 0) is 58.3 Å². The number of carbonyl (C=O) groups is 2. The molecule has 1 atom stereocenters. The minimum Gasteiger partial charge on any atom is -0.461 e. The van der Waals surface area contributed by atoms with E-state index in [0.717, 1.165) is 0 Å². The molecule has 2 rings (SSSR count). The average Bonchev–Trinajstić information content (AvgIpc) is 3.07. The van der Waals surface area contributed by atoms with Crippen molar-refractivity contribution >= 4 is 11.9 Å². The summed E-state index contributed by atoms with van der Waals surface area (Å²) >= 11 is 0. The molecule has 0 N–H and O–H groups in total. The number of rotatable bonds is 5. The van der Waals surface area contributed by atoms with Crippen LogP contribution in [0.4, 0.5) is 0 Å². The molecule has 0 bridgehead atoms. The highest BCUT2D eigenvalue weighted by molar-refractivity contribution is 5.92. The van der Waals surface area contributed by atoms with Crippen molar-refractivity contribution in [2.45, 2.75) is 13.0 Å². The highest BCUT2D eigenvalue weighted by atomic mass is 16.6. The van der Waals surface area contributed by atoms with Gasteiger partial charge in [0.05, 0.1) is 11.8 Å². The molecule has 0 aromatic rings. The fraction of sp³-hybridized carbons (Fsp3) is 0.200. The van der Waals surface area contributed by atoms with Crippen molar-refractivity contribution in [3.63, 3.8) is 0 Å². The summed E-state index contributed by atoms with van der Waals surface area (Å²) in [5.74, 6) is 0.159. The lowest BCUT2D eigenvalue weighted by Crippen LogP contribution is -2.26. The summed E-state index contributed by atoms with van der Waals surface area (Å²) < 4.78 is 10.2. The first-order chi connectivity index (χ1) is 9.16. The lowest BCUT2D eigenvalue weighted by atomic mass is 10.1. The molecule has 0 spiro atoms. The Balaban J connectivity index is 1.64. The van der Waals surface area contributed by atoms with Gasteiger partial charge in [-0.1, -0.05) is 0 Å². The van der Waals surface area contributed by atoms with Crippen LogP contribution >= 0.6 is 0 Å². The van der Waals surface area contributed by atoms with Gasteiger partial charge in [0.25, 0.3) is 0 Å². The Morgan fingerprint density at radius 2 is 1.42 bits per heavy atom. The Kier molecular flexibility index (Phi) is 5.23. The fourth-order valence-electron chi connectivity index (χ4n) is 1.58. The molecule has 1 unspecified atom stereocenters. The van der Waals surface area contributed by atoms with E-state index in [2.05, 4.69) is 0 Å². The van der Waals surface area contributed by atoms with Gasteiger partial charge in [0.15, 0.2) is 0 Å². The molecule has 4 heteroatoms. The summed E-state index contributed by atoms with van der Waals surface area (Å²) in [7, 11) is 0. The quantitative estimate of drug-likeness (QED) is 0.697. The van der Waals surface area contributed by atoms with Crippen LogP contribution in [0.25, 0.3) is 0 Å². The number of hydrogen-bond acceptors (Lipinski definition) is 4. The molecule has 4 nitrogen and oxygen atoms in total. The molecule has 0 aromatic carbocycles. The van der Waals surface area contributed by atoms with Crippen LogP contribution in [0, 0.1) is 63.2 Å². The smallest absolute Gasteiger partial charge is 0.314 e. The van der Waals surface area contributed by atoms with Crippen molar-refractivity contribution in [3.8, 4) is 0 Å². The van der Waals surface area contributed by atoms with Crippen LogP contribution in [0.15, 0.2) is 0 Å². The third-order valence-electron chi connectivity index (χ3n) is 2.55. The highest BCUT2D eigenvalue weighted by Gasteiger charge is 2.29. The predicted molar refractivity (Wildman–Crippen MR) is 67.4 cm³/mol. The number of hydrogen-bond donors (Lipinski definition) is 0. The summed E-state index contributed by atoms with van der Waals surface area (Å²) in [6.07, 6.45) is 13.2. The van der Waals surface area contributed by atoms with E-state index in [1.54, 1.807) is 58.3 Å². The minimum absolute atomic E-state index is 0.0382. The largest absolute Gasteiger partial charge is 0.461 e. The van der Waals surface area contributed by atoms with Gasteiger partial charge < -0.3 is 9.47 Å². The number of ether oxygens (including phenoxy) is 2. The van der Waals surface area contributed by atoms with Gasteiger partial charge in [0.2, 0.25) is 0 Å². The van der Waals surface area contributed by atoms with E-state index in [0.29, 0.717) is 11.8 Å². The zero-order valence-corrected chi connectivity index (χ0v) is 10.5. The van der Waals surface area contributed by atoms with Crippen molar-refractivity contribution in [2.75, 3.05) is 6.61 Å². The van der Waals surface area contributed by atoms with E-state index in [4.69, 9.17) is 9.47 Å². The number of esters is 2. The molecule has 2 aliphatic rings. The first-order valence-electron chi connectivity index (χ1n) is 5.98. The zero-order valence-electron chi connectivity index (χ0n) is 10.5. The normalized spacial score (nSPS) is 22.4. The molecule has 19 heavy (non-hydrogen) atoms. The van der Waals surface area contributed by atoms with Crippen molar-refractivity contribution in [1.29, 1.82) is 0 Å². The maximum Gasteiger partial charge on any atom is 0.314 e. The van der Waals surface area contributed by atoms with Crippen LogP contribution in [0.5, 0.6) is 0 Å². The standard InChI is InChI=1S/C15H14O4/c1-11(19-15(17)13-8-4-5-9-13)10-18-14(16)12-6-2-3-7-12/h2-9,11H,10H2,1H3. The zero-order chi connectivity index (χ0) is 13.7. The van der Waals surface area contributed by atoms with Crippen molar-refractivity contribution in [2.24, 2.45) is 0 Å². The van der Waals surface area contributed by atoms with Gasteiger partial charge in [-0.25, -0.2) is 0 Å². The van der Waals surface area contributed by atoms with Crippen LogP contribution in [0.3, 0.4) is 0 Å². The van der Waals surface area contributed by atoms with Gasteiger partial charge >= 0.3 is 11.9 Å². The molecule has 2 fully saturated rings. The summed E-state index contributed by atoms with van der Waals surface area (Å²) in [6.45, 7) is 1.72. The van der Waals surface area contributed by atoms with E-state index < -0.39 is 18.0 Å². The second kappa shape index (κ2) is 6.92. The Bertz CT molecular complexity index is 314. The average molecular weight is 258 g/mol.